The smallest absolute Gasteiger partial charge is 0.428 e. The Kier molecular flexibility index (Phi) is 1.89. The van der Waals surface area contributed by atoms with Crippen LogP contribution in [-0.4, -0.2) is 18.4 Å². The van der Waals surface area contributed by atoms with Gasteiger partial charge >= 0.3 is 6.09 Å². The van der Waals surface area contributed by atoms with Gasteiger partial charge in [0.1, 0.15) is 17.9 Å². The van der Waals surface area contributed by atoms with Crippen LogP contribution in [0.2, 0.25) is 0 Å². The molecule has 2 heterocycles. The highest BCUT2D eigenvalue weighted by atomic mass is 16.6. The normalized spacial score (nSPS) is 15.5. The maximum absolute atomic E-state index is 10.7. The number of amides is 1. The van der Waals surface area contributed by atoms with Crippen LogP contribution >= 0.6 is 0 Å². The van der Waals surface area contributed by atoms with E-state index < -0.39 is 6.09 Å². The lowest BCUT2D eigenvalue weighted by Gasteiger charge is -2.10. The lowest BCUT2D eigenvalue weighted by molar-refractivity contribution is 0.157. The highest BCUT2D eigenvalue weighted by Crippen LogP contribution is 2.19. The summed E-state index contributed by atoms with van der Waals surface area (Å²) in [7, 11) is 0. The number of carbonyl (C=O) groups is 1. The minimum absolute atomic E-state index is 0.131. The van der Waals surface area contributed by atoms with E-state index in [2.05, 4.69) is 10.5 Å². The van der Waals surface area contributed by atoms with Crippen molar-refractivity contribution in [3.05, 3.63) is 36.1 Å². The third-order valence-corrected chi connectivity index (χ3v) is 2.33. The number of nitrogens with one attached hydrogen (secondary N) is 1. The number of rotatable bonds is 1. The summed E-state index contributed by atoms with van der Waals surface area (Å²) >= 11 is 0. The predicted molar refractivity (Wildman–Crippen MR) is 57.2 cm³/mol. The molecule has 1 aromatic carbocycles. The van der Waals surface area contributed by atoms with E-state index >= 15 is 0 Å². The zero-order chi connectivity index (χ0) is 11.0. The Bertz CT molecular complexity index is 553. The summed E-state index contributed by atoms with van der Waals surface area (Å²) in [6, 6.07) is 9.53. The van der Waals surface area contributed by atoms with Crippen molar-refractivity contribution in [1.29, 1.82) is 0 Å². The molecule has 1 aromatic heterocycles. The van der Waals surface area contributed by atoms with Gasteiger partial charge in [-0.3, -0.25) is 0 Å². The number of hydrazone groups is 1. The molecule has 5 heteroatoms. The molecule has 16 heavy (non-hydrogen) atoms. The number of para-hydroxylation sites is 1. The topological polar surface area (TPSA) is 63.8 Å². The van der Waals surface area contributed by atoms with Crippen molar-refractivity contribution < 1.29 is 13.9 Å². The fourth-order valence-electron chi connectivity index (χ4n) is 1.56. The third kappa shape index (κ3) is 1.42. The predicted octanol–water partition coefficient (Wildman–Crippen LogP) is 1.88. The molecule has 0 bridgehead atoms. The average molecular weight is 216 g/mol. The summed E-state index contributed by atoms with van der Waals surface area (Å²) in [6.07, 6.45) is -0.542. The summed E-state index contributed by atoms with van der Waals surface area (Å²) in [6.45, 7) is 0.131. The summed E-state index contributed by atoms with van der Waals surface area (Å²) in [5.41, 5.74) is 3.61. The SMILES string of the molecule is O=C1NN=C(c2cc3ccccc3o2)CO1. The summed E-state index contributed by atoms with van der Waals surface area (Å²) in [4.78, 5) is 10.7. The second-order valence-electron chi connectivity index (χ2n) is 3.39. The van der Waals surface area contributed by atoms with E-state index in [9.17, 15) is 4.79 Å². The first-order chi connectivity index (χ1) is 7.83. The second kappa shape index (κ2) is 3.37. The number of ether oxygens (including phenoxy) is 1. The maximum atomic E-state index is 10.7. The molecular formula is C11H8N2O3. The van der Waals surface area contributed by atoms with Crippen LogP contribution in [0, 0.1) is 0 Å². The fraction of sp³-hybridized carbons (Fsp3) is 0.0909. The molecule has 1 amide bonds. The first-order valence-electron chi connectivity index (χ1n) is 4.81. The number of carbonyl (C=O) groups excluding carboxylic acids is 1. The van der Waals surface area contributed by atoms with E-state index in [0.29, 0.717) is 11.5 Å². The van der Waals surface area contributed by atoms with Crippen molar-refractivity contribution in [3.63, 3.8) is 0 Å². The van der Waals surface area contributed by atoms with Crippen LogP contribution in [0.15, 0.2) is 39.9 Å². The van der Waals surface area contributed by atoms with E-state index in [1.165, 1.54) is 0 Å². The number of nitrogens with zero attached hydrogens (tertiary/aromatic N) is 1. The van der Waals surface area contributed by atoms with Gasteiger partial charge in [-0.15, -0.1) is 0 Å². The lowest BCUT2D eigenvalue weighted by Crippen LogP contribution is -2.30. The van der Waals surface area contributed by atoms with Crippen LogP contribution in [0.25, 0.3) is 11.0 Å². The van der Waals surface area contributed by atoms with Gasteiger partial charge in [-0.05, 0) is 12.1 Å². The van der Waals surface area contributed by atoms with Gasteiger partial charge in [0.05, 0.1) is 0 Å². The van der Waals surface area contributed by atoms with Crippen molar-refractivity contribution in [2.45, 2.75) is 0 Å². The van der Waals surface area contributed by atoms with Gasteiger partial charge in [-0.25, -0.2) is 10.2 Å². The summed E-state index contributed by atoms with van der Waals surface area (Å²) < 4.78 is 10.4. The molecule has 80 valence electrons. The largest absolute Gasteiger partial charge is 0.455 e. The highest BCUT2D eigenvalue weighted by molar-refractivity contribution is 6.04. The molecule has 5 nitrogen and oxygen atoms in total. The average Bonchev–Trinajstić information content (AvgIpc) is 2.73. The first-order valence-corrected chi connectivity index (χ1v) is 4.81. The molecule has 3 rings (SSSR count). The zero-order valence-corrected chi connectivity index (χ0v) is 8.27. The van der Waals surface area contributed by atoms with Crippen molar-refractivity contribution in [2.75, 3.05) is 6.61 Å². The molecule has 1 aliphatic heterocycles. The number of fused-ring (bicyclic) bond motifs is 1. The van der Waals surface area contributed by atoms with Gasteiger partial charge in [0.25, 0.3) is 0 Å². The zero-order valence-electron chi connectivity index (χ0n) is 8.27. The first kappa shape index (κ1) is 8.96. The molecule has 1 aliphatic rings. The standard InChI is InChI=1S/C11H8N2O3/c14-11-13-12-8(6-15-11)10-5-7-3-1-2-4-9(7)16-10/h1-5H,6H2,(H,13,14). The number of cyclic esters (lactones) is 1. The third-order valence-electron chi connectivity index (χ3n) is 2.33. The van der Waals surface area contributed by atoms with Gasteiger partial charge in [-0.2, -0.15) is 5.10 Å². The molecule has 0 saturated carbocycles. The van der Waals surface area contributed by atoms with Gasteiger partial charge in [0.15, 0.2) is 5.76 Å². The molecule has 2 aromatic rings. The second-order valence-corrected chi connectivity index (χ2v) is 3.39. The number of hydrogen-bond donors (Lipinski definition) is 1. The van der Waals surface area contributed by atoms with E-state index in [1.54, 1.807) is 0 Å². The lowest BCUT2D eigenvalue weighted by atomic mass is 10.2. The maximum Gasteiger partial charge on any atom is 0.428 e. The quantitative estimate of drug-likeness (QED) is 0.791. The van der Waals surface area contributed by atoms with Crippen molar-refractivity contribution >= 4 is 22.8 Å². The van der Waals surface area contributed by atoms with Crippen LogP contribution in [0.3, 0.4) is 0 Å². The van der Waals surface area contributed by atoms with Crippen molar-refractivity contribution in [2.24, 2.45) is 5.10 Å². The van der Waals surface area contributed by atoms with Crippen LogP contribution < -0.4 is 5.43 Å². The van der Waals surface area contributed by atoms with Gasteiger partial charge in [-0.1, -0.05) is 18.2 Å². The van der Waals surface area contributed by atoms with Crippen LogP contribution in [0.5, 0.6) is 0 Å². The molecule has 0 fully saturated rings. The van der Waals surface area contributed by atoms with Crippen LogP contribution in [-0.2, 0) is 4.74 Å². The highest BCUT2D eigenvalue weighted by Gasteiger charge is 2.17. The fourth-order valence-corrected chi connectivity index (χ4v) is 1.56. The summed E-state index contributed by atoms with van der Waals surface area (Å²) in [5.74, 6) is 0.612. The number of hydrogen-bond acceptors (Lipinski definition) is 4. The number of benzene rings is 1. The van der Waals surface area contributed by atoms with E-state index in [4.69, 9.17) is 9.15 Å². The Morgan fingerprint density at radius 1 is 1.31 bits per heavy atom. The molecule has 0 spiro atoms. The van der Waals surface area contributed by atoms with Crippen LogP contribution in [0.4, 0.5) is 4.79 Å². The molecule has 0 atom stereocenters. The minimum atomic E-state index is -0.542. The van der Waals surface area contributed by atoms with E-state index in [0.717, 1.165) is 11.0 Å². The molecule has 0 unspecified atom stereocenters. The van der Waals surface area contributed by atoms with Crippen molar-refractivity contribution in [1.82, 2.24) is 5.43 Å². The van der Waals surface area contributed by atoms with Crippen LogP contribution in [0.1, 0.15) is 5.76 Å². The van der Waals surface area contributed by atoms with E-state index in [-0.39, 0.29) is 6.61 Å². The monoisotopic (exact) mass is 216 g/mol. The molecule has 0 radical (unpaired) electrons. The number of furan rings is 1. The van der Waals surface area contributed by atoms with Crippen molar-refractivity contribution in [3.8, 4) is 0 Å². The molecule has 0 saturated heterocycles. The Hall–Kier alpha value is -2.30. The minimum Gasteiger partial charge on any atom is -0.455 e. The molecule has 0 aliphatic carbocycles. The van der Waals surface area contributed by atoms with Gasteiger partial charge in [0.2, 0.25) is 0 Å². The Balaban J connectivity index is 2.03. The molecule has 1 N–H and O–H groups in total. The summed E-state index contributed by atoms with van der Waals surface area (Å²) in [5, 5.41) is 4.87. The van der Waals surface area contributed by atoms with E-state index in [1.807, 2.05) is 30.3 Å². The Labute approximate surface area is 90.7 Å². The molecular weight excluding hydrogens is 208 g/mol. The Morgan fingerprint density at radius 2 is 2.19 bits per heavy atom. The van der Waals surface area contributed by atoms with Gasteiger partial charge in [0, 0.05) is 5.39 Å². The Morgan fingerprint density at radius 3 is 2.94 bits per heavy atom. The van der Waals surface area contributed by atoms with Gasteiger partial charge < -0.3 is 9.15 Å².